The van der Waals surface area contributed by atoms with Crippen molar-refractivity contribution in [2.75, 3.05) is 18.8 Å². The first kappa shape index (κ1) is 26.7. The topological polar surface area (TPSA) is 142 Å². The number of nitrogens with two attached hydrogens (primary N) is 1. The Morgan fingerprint density at radius 1 is 1.11 bits per heavy atom. The maximum atomic E-state index is 12.7. The number of nitrogens with one attached hydrogen (secondary N) is 2. The van der Waals surface area contributed by atoms with E-state index in [0.717, 1.165) is 19.3 Å². The highest BCUT2D eigenvalue weighted by Gasteiger charge is 2.20. The number of hydrogen-bond acceptors (Lipinski definition) is 7. The monoisotopic (exact) mass is 515 g/mol. The first-order chi connectivity index (χ1) is 18.4. The van der Waals surface area contributed by atoms with Gasteiger partial charge in [-0.2, -0.15) is 0 Å². The quantitative estimate of drug-likeness (QED) is 0.204. The van der Waals surface area contributed by atoms with Crippen molar-refractivity contribution in [3.05, 3.63) is 83.2 Å². The summed E-state index contributed by atoms with van der Waals surface area (Å²) >= 11 is 0. The Kier molecular flexibility index (Phi) is 8.92. The van der Waals surface area contributed by atoms with E-state index in [9.17, 15) is 14.7 Å². The summed E-state index contributed by atoms with van der Waals surface area (Å²) in [6.07, 6.45) is 8.52. The molecule has 1 saturated carbocycles. The van der Waals surface area contributed by atoms with Crippen LogP contribution < -0.4 is 15.8 Å². The Hall–Kier alpha value is -4.40. The third-order valence-electron chi connectivity index (χ3n) is 6.29. The summed E-state index contributed by atoms with van der Waals surface area (Å²) in [5, 5.41) is 21.2. The summed E-state index contributed by atoms with van der Waals surface area (Å²) in [6, 6.07) is 15.1. The third-order valence-corrected chi connectivity index (χ3v) is 6.29. The molecule has 2 heterocycles. The molecule has 9 heteroatoms. The van der Waals surface area contributed by atoms with E-state index in [4.69, 9.17) is 15.9 Å². The lowest BCUT2D eigenvalue weighted by Gasteiger charge is -2.29. The first-order valence-corrected chi connectivity index (χ1v) is 12.8. The van der Waals surface area contributed by atoms with Gasteiger partial charge in [0, 0.05) is 54.5 Å². The summed E-state index contributed by atoms with van der Waals surface area (Å²) in [4.78, 5) is 29.3. The summed E-state index contributed by atoms with van der Waals surface area (Å²) in [5.74, 6) is 0.338. The second kappa shape index (κ2) is 12.7. The van der Waals surface area contributed by atoms with Crippen molar-refractivity contribution in [1.29, 1.82) is 5.41 Å². The van der Waals surface area contributed by atoms with Crippen LogP contribution in [0.15, 0.2) is 60.8 Å². The van der Waals surface area contributed by atoms with Gasteiger partial charge >= 0.3 is 0 Å². The Morgan fingerprint density at radius 2 is 1.79 bits per heavy atom. The molecule has 0 bridgehead atoms. The van der Waals surface area contributed by atoms with Crippen LogP contribution in [0.25, 0.3) is 0 Å². The minimum atomic E-state index is -0.367. The lowest BCUT2D eigenvalue weighted by molar-refractivity contribution is -0.119. The smallest absolute Gasteiger partial charge is 0.251 e. The number of rotatable bonds is 8. The molecule has 5 rings (SSSR count). The van der Waals surface area contributed by atoms with Crippen LogP contribution in [-0.2, 0) is 11.3 Å². The number of amides is 2. The number of carbonyl (C=O) groups is 2. The predicted molar refractivity (Wildman–Crippen MR) is 145 cm³/mol. The molecule has 9 nitrogen and oxygen atoms in total. The fraction of sp³-hybridized carbons (Fsp3) is 0.310. The highest BCUT2D eigenvalue weighted by atomic mass is 16.5. The van der Waals surface area contributed by atoms with E-state index in [-0.39, 0.29) is 30.0 Å². The normalized spacial score (nSPS) is 14.6. The fourth-order valence-corrected chi connectivity index (χ4v) is 3.89. The summed E-state index contributed by atoms with van der Waals surface area (Å²) in [7, 11) is 0. The second-order valence-corrected chi connectivity index (χ2v) is 9.37. The van der Waals surface area contributed by atoms with E-state index in [1.807, 2.05) is 12.1 Å². The van der Waals surface area contributed by atoms with Crippen molar-refractivity contribution in [3.63, 3.8) is 0 Å². The molecule has 0 spiro atoms. The molecule has 38 heavy (non-hydrogen) atoms. The molecule has 0 radical (unpaired) electrons. The van der Waals surface area contributed by atoms with Crippen molar-refractivity contribution in [1.82, 2.24) is 15.2 Å². The maximum Gasteiger partial charge on any atom is 0.251 e. The van der Waals surface area contributed by atoms with Crippen molar-refractivity contribution in [2.24, 2.45) is 0 Å². The van der Waals surface area contributed by atoms with Crippen LogP contribution in [0.2, 0.25) is 0 Å². The molecular weight excluding hydrogens is 482 g/mol. The van der Waals surface area contributed by atoms with Gasteiger partial charge in [-0.15, -0.1) is 0 Å². The molecule has 2 amide bonds. The van der Waals surface area contributed by atoms with Gasteiger partial charge in [-0.1, -0.05) is 19.3 Å². The summed E-state index contributed by atoms with van der Waals surface area (Å²) < 4.78 is 6.02. The van der Waals surface area contributed by atoms with Crippen molar-refractivity contribution in [3.8, 4) is 11.5 Å². The van der Waals surface area contributed by atoms with E-state index in [0.29, 0.717) is 46.9 Å². The summed E-state index contributed by atoms with van der Waals surface area (Å²) in [5.41, 5.74) is 8.47. The third kappa shape index (κ3) is 7.32. The average molecular weight is 516 g/mol. The molecule has 1 saturated heterocycles. The van der Waals surface area contributed by atoms with Crippen molar-refractivity contribution < 1.29 is 19.4 Å². The lowest BCUT2D eigenvalue weighted by Crippen LogP contribution is -2.37. The van der Waals surface area contributed by atoms with Crippen molar-refractivity contribution >= 4 is 23.7 Å². The van der Waals surface area contributed by atoms with E-state index in [1.54, 1.807) is 41.3 Å². The summed E-state index contributed by atoms with van der Waals surface area (Å²) in [6.45, 7) is 1.44. The Bertz CT molecular complexity index is 1270. The maximum absolute atomic E-state index is 12.7. The fourth-order valence-electron chi connectivity index (χ4n) is 3.89. The van der Waals surface area contributed by atoms with E-state index in [1.165, 1.54) is 31.5 Å². The number of anilines is 1. The highest BCUT2D eigenvalue weighted by Crippen LogP contribution is 2.23. The molecule has 1 aromatic heterocycles. The van der Waals surface area contributed by atoms with Gasteiger partial charge in [0.25, 0.3) is 5.91 Å². The molecule has 1 aliphatic heterocycles. The van der Waals surface area contributed by atoms with Gasteiger partial charge in [0.2, 0.25) is 6.41 Å². The molecule has 0 atom stereocenters. The van der Waals surface area contributed by atoms with E-state index >= 15 is 0 Å². The molecule has 2 fully saturated rings. The van der Waals surface area contributed by atoms with Crippen LogP contribution in [-0.4, -0.2) is 52.2 Å². The van der Waals surface area contributed by atoms with Gasteiger partial charge < -0.3 is 25.8 Å². The van der Waals surface area contributed by atoms with Crippen LogP contribution in [0.3, 0.4) is 0 Å². The number of pyridine rings is 1. The number of ether oxygens (including phenoxy) is 1. The Balaban J connectivity index is 0.00000105. The van der Waals surface area contributed by atoms with E-state index in [2.05, 4.69) is 10.3 Å². The number of aromatic nitrogens is 1. The minimum Gasteiger partial charge on any atom is -0.506 e. The van der Waals surface area contributed by atoms with Gasteiger partial charge in [0.15, 0.2) is 0 Å². The number of carbonyl (C=O) groups excluding carboxylic acids is 2. The molecule has 3 aromatic rings. The molecule has 2 aromatic carbocycles. The van der Waals surface area contributed by atoms with Gasteiger partial charge in [0.1, 0.15) is 23.3 Å². The van der Waals surface area contributed by atoms with Gasteiger partial charge in [0.05, 0.1) is 12.3 Å². The number of likely N-dealkylation sites (tertiary alicyclic amines) is 1. The molecule has 2 aliphatic rings. The van der Waals surface area contributed by atoms with Crippen LogP contribution in [0.4, 0.5) is 5.69 Å². The largest absolute Gasteiger partial charge is 0.506 e. The van der Waals surface area contributed by atoms with Crippen LogP contribution in [0.1, 0.15) is 59.3 Å². The van der Waals surface area contributed by atoms with Crippen LogP contribution in [0, 0.1) is 5.41 Å². The van der Waals surface area contributed by atoms with E-state index < -0.39 is 0 Å². The zero-order valence-corrected chi connectivity index (χ0v) is 21.2. The molecular formula is C29H33N5O4. The number of hydrogen-bond donors (Lipinski definition) is 4. The number of nitrogen functional groups attached to an aromatic ring is 1. The lowest BCUT2D eigenvalue weighted by atomic mass is 9.98. The van der Waals surface area contributed by atoms with Crippen LogP contribution in [0.5, 0.6) is 11.5 Å². The van der Waals surface area contributed by atoms with Crippen LogP contribution >= 0.6 is 0 Å². The second-order valence-electron chi connectivity index (χ2n) is 9.37. The SMILES string of the molecule is C1CC1.N=C(c1ccc(OC2CCN(C=O)CC2)cc1)c1cc(C(=O)NCc2ncccc2O)ccc1N. The van der Waals surface area contributed by atoms with Gasteiger partial charge in [-0.3, -0.25) is 20.0 Å². The standard InChI is InChI=1S/C26H27N5O4.C3H6/c27-22-8-5-18(26(34)30-15-23-24(33)2-1-11-29-23)14-21(22)25(28)17-3-6-19(7-4-17)35-20-9-12-31(16-32)13-10-20;1-2-3-1/h1-8,11,14,16,20,28,33H,9-10,12-13,15,27H2,(H,30,34);1-3H2. The number of benzene rings is 2. The zero-order valence-electron chi connectivity index (χ0n) is 21.2. The molecule has 0 unspecified atom stereocenters. The predicted octanol–water partition coefficient (Wildman–Crippen LogP) is 3.89. The van der Waals surface area contributed by atoms with Crippen molar-refractivity contribution in [2.45, 2.75) is 44.8 Å². The molecule has 1 aliphatic carbocycles. The zero-order chi connectivity index (χ0) is 26.9. The van der Waals surface area contributed by atoms with Gasteiger partial charge in [-0.05, 0) is 54.6 Å². The highest BCUT2D eigenvalue weighted by molar-refractivity contribution is 6.14. The number of nitrogens with zero attached hydrogens (tertiary/aromatic N) is 2. The van der Waals surface area contributed by atoms with Gasteiger partial charge in [-0.25, -0.2) is 0 Å². The Labute approximate surface area is 222 Å². The molecule has 5 N–H and O–H groups in total. The average Bonchev–Trinajstić information content (AvgIpc) is 3.83. The number of piperidine rings is 1. The first-order valence-electron chi connectivity index (χ1n) is 12.8. The minimum absolute atomic E-state index is 0.00595. The number of aromatic hydroxyl groups is 1. The Morgan fingerprint density at radius 3 is 2.42 bits per heavy atom. The molecule has 198 valence electrons.